The largest absolute Gasteiger partial charge is 0.480 e. The van der Waals surface area contributed by atoms with Gasteiger partial charge in [-0.15, -0.1) is 6.58 Å². The Labute approximate surface area is 147 Å². The second kappa shape index (κ2) is 14.2. The number of rotatable bonds is 16. The Morgan fingerprint density at radius 3 is 2.33 bits per heavy atom. The van der Waals surface area contributed by atoms with E-state index in [1.807, 2.05) is 13.0 Å². The third kappa shape index (κ3) is 11.4. The van der Waals surface area contributed by atoms with E-state index < -0.39 is 12.0 Å². The average Bonchev–Trinajstić information content (AvgIpc) is 2.52. The van der Waals surface area contributed by atoms with Gasteiger partial charge in [0.1, 0.15) is 11.8 Å². The van der Waals surface area contributed by atoms with Crippen molar-refractivity contribution in [1.29, 1.82) is 0 Å². The van der Waals surface area contributed by atoms with Gasteiger partial charge in [0.2, 0.25) is 0 Å². The number of hydrogen-bond acceptors (Lipinski definition) is 3. The number of unbranched alkanes of at least 4 members (excludes halogenated alkanes) is 5. The van der Waals surface area contributed by atoms with E-state index in [4.69, 9.17) is 10.8 Å². The Balaban J connectivity index is 4.37. The van der Waals surface area contributed by atoms with Crippen LogP contribution in [-0.2, 0) is 9.59 Å². The fourth-order valence-corrected chi connectivity index (χ4v) is 3.10. The quantitative estimate of drug-likeness (QED) is 0.315. The van der Waals surface area contributed by atoms with Crippen molar-refractivity contribution in [2.75, 3.05) is 0 Å². The third-order valence-corrected chi connectivity index (χ3v) is 4.60. The molecular formula is C20H37NO3. The summed E-state index contributed by atoms with van der Waals surface area (Å²) in [5.41, 5.74) is 5.57. The molecule has 3 N–H and O–H groups in total. The molecule has 0 aliphatic heterocycles. The van der Waals surface area contributed by atoms with Gasteiger partial charge in [-0.2, -0.15) is 0 Å². The van der Waals surface area contributed by atoms with Gasteiger partial charge >= 0.3 is 5.97 Å². The van der Waals surface area contributed by atoms with Crippen LogP contribution in [0.15, 0.2) is 12.7 Å². The minimum atomic E-state index is -0.993. The van der Waals surface area contributed by atoms with E-state index in [0.29, 0.717) is 12.8 Å². The number of carboxylic acids is 1. The van der Waals surface area contributed by atoms with Gasteiger partial charge < -0.3 is 10.8 Å². The number of Topliss-reactive ketones (excluding diaryl/α,β-unsaturated/α-hetero) is 1. The van der Waals surface area contributed by atoms with Crippen LogP contribution < -0.4 is 5.73 Å². The van der Waals surface area contributed by atoms with E-state index in [2.05, 4.69) is 13.5 Å². The maximum absolute atomic E-state index is 12.6. The van der Waals surface area contributed by atoms with Crippen molar-refractivity contribution in [3.8, 4) is 0 Å². The molecule has 3 atom stereocenters. The van der Waals surface area contributed by atoms with E-state index in [1.165, 1.54) is 25.7 Å². The number of carbonyl (C=O) groups excluding carboxylic acids is 1. The Hall–Kier alpha value is -1.16. The van der Waals surface area contributed by atoms with Crippen molar-refractivity contribution in [2.45, 2.75) is 90.5 Å². The topological polar surface area (TPSA) is 80.4 Å². The molecule has 0 amide bonds. The highest BCUT2D eigenvalue weighted by molar-refractivity contribution is 5.81. The third-order valence-electron chi connectivity index (χ3n) is 4.60. The molecule has 0 aliphatic carbocycles. The molecule has 140 valence electrons. The minimum Gasteiger partial charge on any atom is -0.480 e. The lowest BCUT2D eigenvalue weighted by atomic mass is 9.85. The fraction of sp³-hybridized carbons (Fsp3) is 0.800. The molecule has 24 heavy (non-hydrogen) atoms. The predicted octanol–water partition coefficient (Wildman–Crippen LogP) is 4.72. The number of carboxylic acid groups (broad SMARTS) is 1. The molecule has 2 unspecified atom stereocenters. The van der Waals surface area contributed by atoms with Gasteiger partial charge in [-0.3, -0.25) is 9.59 Å². The molecule has 4 nitrogen and oxygen atoms in total. The molecule has 0 aromatic carbocycles. The SMILES string of the molecule is C=CCCCC(CCCCCCC)C(=O)CC(C)C[C@H](N)C(=O)O. The Bertz CT molecular complexity index is 368. The van der Waals surface area contributed by atoms with Crippen LogP contribution in [0.2, 0.25) is 0 Å². The van der Waals surface area contributed by atoms with Crippen LogP contribution in [0, 0.1) is 11.8 Å². The Morgan fingerprint density at radius 2 is 1.75 bits per heavy atom. The van der Waals surface area contributed by atoms with E-state index in [9.17, 15) is 9.59 Å². The highest BCUT2D eigenvalue weighted by Crippen LogP contribution is 2.23. The number of aliphatic carboxylic acids is 1. The highest BCUT2D eigenvalue weighted by Gasteiger charge is 2.22. The monoisotopic (exact) mass is 339 g/mol. The van der Waals surface area contributed by atoms with Crippen LogP contribution in [0.5, 0.6) is 0 Å². The minimum absolute atomic E-state index is 0.0191. The van der Waals surface area contributed by atoms with Gasteiger partial charge in [0, 0.05) is 12.3 Å². The van der Waals surface area contributed by atoms with Crippen LogP contribution in [0.25, 0.3) is 0 Å². The van der Waals surface area contributed by atoms with Crippen molar-refractivity contribution in [3.05, 3.63) is 12.7 Å². The molecule has 0 saturated carbocycles. The van der Waals surface area contributed by atoms with Gasteiger partial charge in [0.05, 0.1) is 0 Å². The normalized spacial score (nSPS) is 14.8. The second-order valence-corrected chi connectivity index (χ2v) is 7.08. The molecule has 0 saturated heterocycles. The lowest BCUT2D eigenvalue weighted by molar-refractivity contribution is -0.139. The summed E-state index contributed by atoms with van der Waals surface area (Å²) < 4.78 is 0. The van der Waals surface area contributed by atoms with Crippen molar-refractivity contribution >= 4 is 11.8 Å². The maximum atomic E-state index is 12.6. The first-order valence-corrected chi connectivity index (χ1v) is 9.54. The zero-order chi connectivity index (χ0) is 18.4. The standard InChI is InChI=1S/C20H37NO3/c1-4-6-8-9-11-13-17(12-10-7-5-2)19(22)15-16(3)14-18(21)20(23)24/h5,16-18H,2,4,6-15,21H2,1,3H3,(H,23,24)/t16?,17?,18-/m0/s1. The molecule has 0 rings (SSSR count). The summed E-state index contributed by atoms with van der Waals surface area (Å²) in [4.78, 5) is 23.4. The number of nitrogens with two attached hydrogens (primary N) is 1. The summed E-state index contributed by atoms with van der Waals surface area (Å²) in [6.45, 7) is 7.86. The zero-order valence-electron chi connectivity index (χ0n) is 15.6. The molecule has 4 heteroatoms. The highest BCUT2D eigenvalue weighted by atomic mass is 16.4. The molecular weight excluding hydrogens is 302 g/mol. The van der Waals surface area contributed by atoms with Crippen LogP contribution >= 0.6 is 0 Å². The number of carbonyl (C=O) groups is 2. The van der Waals surface area contributed by atoms with Crippen molar-refractivity contribution in [3.63, 3.8) is 0 Å². The van der Waals surface area contributed by atoms with Gasteiger partial charge in [-0.25, -0.2) is 0 Å². The molecule has 0 aromatic heterocycles. The molecule has 0 bridgehead atoms. The van der Waals surface area contributed by atoms with E-state index in [1.54, 1.807) is 0 Å². The van der Waals surface area contributed by atoms with Crippen LogP contribution in [0.3, 0.4) is 0 Å². The van der Waals surface area contributed by atoms with Crippen LogP contribution in [0.4, 0.5) is 0 Å². The molecule has 0 heterocycles. The number of ketones is 1. The van der Waals surface area contributed by atoms with Crippen LogP contribution in [0.1, 0.15) is 84.5 Å². The molecule has 0 aliphatic rings. The van der Waals surface area contributed by atoms with Crippen LogP contribution in [-0.4, -0.2) is 22.9 Å². The molecule has 0 aromatic rings. The summed E-state index contributed by atoms with van der Waals surface area (Å²) in [5.74, 6) is -0.590. The lowest BCUT2D eigenvalue weighted by Crippen LogP contribution is -2.32. The van der Waals surface area contributed by atoms with Crippen molar-refractivity contribution in [2.24, 2.45) is 17.6 Å². The summed E-state index contributed by atoms with van der Waals surface area (Å²) in [6.07, 6.45) is 12.5. The number of hydrogen-bond donors (Lipinski definition) is 2. The smallest absolute Gasteiger partial charge is 0.320 e. The summed E-state index contributed by atoms with van der Waals surface area (Å²) in [6, 6.07) is -0.874. The number of allylic oxidation sites excluding steroid dienone is 1. The Morgan fingerprint density at radius 1 is 1.12 bits per heavy atom. The van der Waals surface area contributed by atoms with E-state index in [0.717, 1.165) is 32.1 Å². The first-order chi connectivity index (χ1) is 11.4. The first kappa shape index (κ1) is 22.8. The summed E-state index contributed by atoms with van der Waals surface area (Å²) >= 11 is 0. The second-order valence-electron chi connectivity index (χ2n) is 7.08. The van der Waals surface area contributed by atoms with Gasteiger partial charge in [0.25, 0.3) is 0 Å². The van der Waals surface area contributed by atoms with Gasteiger partial charge in [-0.1, -0.05) is 52.0 Å². The predicted molar refractivity (Wildman–Crippen MR) is 99.9 cm³/mol. The fourth-order valence-electron chi connectivity index (χ4n) is 3.10. The zero-order valence-corrected chi connectivity index (χ0v) is 15.6. The maximum Gasteiger partial charge on any atom is 0.320 e. The van der Waals surface area contributed by atoms with Crippen molar-refractivity contribution in [1.82, 2.24) is 0 Å². The van der Waals surface area contributed by atoms with Gasteiger partial charge in [0.15, 0.2) is 0 Å². The average molecular weight is 340 g/mol. The van der Waals surface area contributed by atoms with E-state index in [-0.39, 0.29) is 17.6 Å². The van der Waals surface area contributed by atoms with Crippen molar-refractivity contribution < 1.29 is 14.7 Å². The molecule has 0 fully saturated rings. The summed E-state index contributed by atoms with van der Waals surface area (Å²) in [7, 11) is 0. The van der Waals surface area contributed by atoms with E-state index >= 15 is 0 Å². The summed E-state index contributed by atoms with van der Waals surface area (Å²) in [5, 5.41) is 8.89. The lowest BCUT2D eigenvalue weighted by Gasteiger charge is -2.19. The molecule has 0 spiro atoms. The Kier molecular flexibility index (Phi) is 13.5. The van der Waals surface area contributed by atoms with Gasteiger partial charge in [-0.05, 0) is 38.0 Å². The first-order valence-electron chi connectivity index (χ1n) is 9.54. The molecule has 0 radical (unpaired) electrons.